The molecule has 0 saturated carbocycles. The van der Waals surface area contributed by atoms with Gasteiger partial charge in [0.15, 0.2) is 5.96 Å². The van der Waals surface area contributed by atoms with E-state index in [1.165, 1.54) is 17.5 Å². The molecular formula is C23H35N5O. The fourth-order valence-corrected chi connectivity index (χ4v) is 3.77. The Balaban J connectivity index is 1.41. The molecule has 1 fully saturated rings. The molecule has 0 aliphatic carbocycles. The van der Waals surface area contributed by atoms with Crippen LogP contribution in [0.2, 0.25) is 0 Å². The lowest BCUT2D eigenvalue weighted by Crippen LogP contribution is -2.41. The van der Waals surface area contributed by atoms with Crippen LogP contribution in [0.25, 0.3) is 0 Å². The van der Waals surface area contributed by atoms with Gasteiger partial charge in [0.1, 0.15) is 5.75 Å². The maximum atomic E-state index is 5.76. The Hall–Kier alpha value is -2.50. The van der Waals surface area contributed by atoms with Crippen molar-refractivity contribution in [3.8, 4) is 5.75 Å². The van der Waals surface area contributed by atoms with Crippen LogP contribution in [0.3, 0.4) is 0 Å². The summed E-state index contributed by atoms with van der Waals surface area (Å²) in [5.41, 5.74) is 2.63. The first kappa shape index (κ1) is 21.2. The van der Waals surface area contributed by atoms with Gasteiger partial charge in [0, 0.05) is 39.9 Å². The number of benzene rings is 1. The highest BCUT2D eigenvalue weighted by molar-refractivity contribution is 5.80. The zero-order valence-electron chi connectivity index (χ0n) is 18.3. The van der Waals surface area contributed by atoms with E-state index in [4.69, 9.17) is 4.74 Å². The van der Waals surface area contributed by atoms with Crippen molar-refractivity contribution < 1.29 is 4.74 Å². The molecule has 3 rings (SSSR count). The number of hydrogen-bond acceptors (Lipinski definition) is 3. The molecule has 0 bridgehead atoms. The van der Waals surface area contributed by atoms with Crippen molar-refractivity contribution in [3.63, 3.8) is 0 Å². The van der Waals surface area contributed by atoms with Crippen LogP contribution in [0, 0.1) is 11.8 Å². The molecule has 0 spiro atoms. The molecule has 0 radical (unpaired) electrons. The molecule has 6 heteroatoms. The molecule has 1 aliphatic heterocycles. The number of hydrogen-bond donors (Lipinski definition) is 1. The third-order valence-electron chi connectivity index (χ3n) is 5.28. The summed E-state index contributed by atoms with van der Waals surface area (Å²) in [5, 5.41) is 7.81. The van der Waals surface area contributed by atoms with Gasteiger partial charge in [-0.1, -0.05) is 26.0 Å². The summed E-state index contributed by atoms with van der Waals surface area (Å²) in [4.78, 5) is 6.88. The van der Waals surface area contributed by atoms with Crippen LogP contribution in [-0.4, -0.2) is 53.9 Å². The summed E-state index contributed by atoms with van der Waals surface area (Å²) in [6, 6.07) is 8.44. The summed E-state index contributed by atoms with van der Waals surface area (Å²) in [6.07, 6.45) is 7.36. The second kappa shape index (κ2) is 10.3. The molecule has 1 aromatic carbocycles. The normalized spacial score (nSPS) is 17.2. The van der Waals surface area contributed by atoms with Crippen LogP contribution < -0.4 is 10.1 Å². The summed E-state index contributed by atoms with van der Waals surface area (Å²) < 4.78 is 7.64. The zero-order chi connectivity index (χ0) is 20.6. The van der Waals surface area contributed by atoms with Crippen molar-refractivity contribution in [3.05, 3.63) is 47.8 Å². The number of aryl methyl sites for hydroxylation is 1. The van der Waals surface area contributed by atoms with Crippen molar-refractivity contribution in [1.29, 1.82) is 0 Å². The van der Waals surface area contributed by atoms with Gasteiger partial charge in [0.05, 0.1) is 12.8 Å². The van der Waals surface area contributed by atoms with E-state index < -0.39 is 0 Å². The molecule has 29 heavy (non-hydrogen) atoms. The first-order valence-electron chi connectivity index (χ1n) is 10.7. The van der Waals surface area contributed by atoms with E-state index in [0.717, 1.165) is 50.8 Å². The quantitative estimate of drug-likeness (QED) is 0.549. The molecule has 1 aliphatic rings. The van der Waals surface area contributed by atoms with Crippen molar-refractivity contribution >= 4 is 5.96 Å². The number of nitrogens with zero attached hydrogens (tertiary/aromatic N) is 4. The maximum Gasteiger partial charge on any atom is 0.193 e. The van der Waals surface area contributed by atoms with Gasteiger partial charge in [0.25, 0.3) is 0 Å². The minimum Gasteiger partial charge on any atom is -0.493 e. The Morgan fingerprint density at radius 3 is 2.72 bits per heavy atom. The Morgan fingerprint density at radius 1 is 1.28 bits per heavy atom. The number of guanidine groups is 1. The standard InChI is InChI=1S/C23H35N5O/c1-18(2)17-29-22-7-5-19(6-8-22)9-11-25-23(24-3)28-12-10-20(16-28)13-21-14-26-27(4)15-21/h5-8,14-15,18,20H,9-13,16-17H2,1-4H3,(H,24,25). The summed E-state index contributed by atoms with van der Waals surface area (Å²) in [6.45, 7) is 8.07. The van der Waals surface area contributed by atoms with E-state index >= 15 is 0 Å². The predicted molar refractivity (Wildman–Crippen MR) is 118 cm³/mol. The van der Waals surface area contributed by atoms with Gasteiger partial charge in [0.2, 0.25) is 0 Å². The lowest BCUT2D eigenvalue weighted by Gasteiger charge is -2.21. The minimum absolute atomic E-state index is 0.542. The second-order valence-electron chi connectivity index (χ2n) is 8.40. The maximum absolute atomic E-state index is 5.76. The molecule has 1 aromatic heterocycles. The van der Waals surface area contributed by atoms with Gasteiger partial charge in [-0.3, -0.25) is 9.67 Å². The van der Waals surface area contributed by atoms with Gasteiger partial charge < -0.3 is 15.0 Å². The lowest BCUT2D eigenvalue weighted by molar-refractivity contribution is 0.271. The van der Waals surface area contributed by atoms with Crippen LogP contribution in [0.4, 0.5) is 0 Å². The van der Waals surface area contributed by atoms with Gasteiger partial charge in [-0.15, -0.1) is 0 Å². The Morgan fingerprint density at radius 2 is 2.07 bits per heavy atom. The van der Waals surface area contributed by atoms with E-state index in [-0.39, 0.29) is 0 Å². The van der Waals surface area contributed by atoms with Crippen LogP contribution in [0.15, 0.2) is 41.7 Å². The molecule has 0 amide bonds. The molecular weight excluding hydrogens is 362 g/mol. The van der Waals surface area contributed by atoms with E-state index in [9.17, 15) is 0 Å². The van der Waals surface area contributed by atoms with Crippen LogP contribution in [-0.2, 0) is 19.9 Å². The van der Waals surface area contributed by atoms with E-state index in [1.807, 2.05) is 25.0 Å². The first-order valence-corrected chi connectivity index (χ1v) is 10.7. The highest BCUT2D eigenvalue weighted by atomic mass is 16.5. The second-order valence-corrected chi connectivity index (χ2v) is 8.40. The van der Waals surface area contributed by atoms with E-state index in [0.29, 0.717) is 11.8 Å². The smallest absolute Gasteiger partial charge is 0.193 e. The Labute approximate surface area is 175 Å². The number of ether oxygens (including phenoxy) is 1. The summed E-state index contributed by atoms with van der Waals surface area (Å²) in [7, 11) is 3.85. The molecule has 2 aromatic rings. The number of rotatable bonds is 8. The Bertz CT molecular complexity index is 781. The highest BCUT2D eigenvalue weighted by Gasteiger charge is 2.25. The summed E-state index contributed by atoms with van der Waals surface area (Å²) in [5.74, 6) is 3.16. The van der Waals surface area contributed by atoms with Crippen molar-refractivity contribution in [2.24, 2.45) is 23.9 Å². The van der Waals surface area contributed by atoms with Crippen LogP contribution in [0.5, 0.6) is 5.75 Å². The van der Waals surface area contributed by atoms with Crippen molar-refractivity contribution in [2.75, 3.05) is 33.3 Å². The topological polar surface area (TPSA) is 54.7 Å². The minimum atomic E-state index is 0.542. The van der Waals surface area contributed by atoms with Gasteiger partial charge in [-0.05, 0) is 54.4 Å². The lowest BCUT2D eigenvalue weighted by atomic mass is 10.0. The molecule has 158 valence electrons. The molecule has 1 saturated heterocycles. The van der Waals surface area contributed by atoms with Crippen LogP contribution >= 0.6 is 0 Å². The monoisotopic (exact) mass is 397 g/mol. The average Bonchev–Trinajstić information content (AvgIpc) is 3.33. The highest BCUT2D eigenvalue weighted by Crippen LogP contribution is 2.20. The van der Waals surface area contributed by atoms with Gasteiger partial charge in [-0.25, -0.2) is 0 Å². The molecule has 2 heterocycles. The first-order chi connectivity index (χ1) is 14.0. The number of aliphatic imine (C=N–C) groups is 1. The fourth-order valence-electron chi connectivity index (χ4n) is 3.77. The Kier molecular flexibility index (Phi) is 7.55. The molecule has 6 nitrogen and oxygen atoms in total. The number of aromatic nitrogens is 2. The SMILES string of the molecule is CN=C(NCCc1ccc(OCC(C)C)cc1)N1CCC(Cc2cnn(C)c2)C1. The summed E-state index contributed by atoms with van der Waals surface area (Å²) >= 11 is 0. The third-order valence-corrected chi connectivity index (χ3v) is 5.28. The van der Waals surface area contributed by atoms with Gasteiger partial charge in [-0.2, -0.15) is 5.10 Å². The van der Waals surface area contributed by atoms with E-state index in [2.05, 4.69) is 64.6 Å². The van der Waals surface area contributed by atoms with Crippen molar-refractivity contribution in [1.82, 2.24) is 20.0 Å². The third kappa shape index (κ3) is 6.51. The molecule has 1 unspecified atom stereocenters. The largest absolute Gasteiger partial charge is 0.493 e. The zero-order valence-corrected chi connectivity index (χ0v) is 18.3. The fraction of sp³-hybridized carbons (Fsp3) is 0.565. The average molecular weight is 398 g/mol. The van der Waals surface area contributed by atoms with Crippen molar-refractivity contribution in [2.45, 2.75) is 33.1 Å². The molecule has 1 N–H and O–H groups in total. The predicted octanol–water partition coefficient (Wildman–Crippen LogP) is 3.14. The molecule has 1 atom stereocenters. The number of nitrogens with one attached hydrogen (secondary N) is 1. The van der Waals surface area contributed by atoms with Gasteiger partial charge >= 0.3 is 0 Å². The van der Waals surface area contributed by atoms with E-state index in [1.54, 1.807) is 0 Å². The van der Waals surface area contributed by atoms with Crippen LogP contribution in [0.1, 0.15) is 31.4 Å². The number of likely N-dealkylation sites (tertiary alicyclic amines) is 1.